The second kappa shape index (κ2) is 6.18. The van der Waals surface area contributed by atoms with Crippen LogP contribution in [0.3, 0.4) is 0 Å². The molecule has 0 heterocycles. The van der Waals surface area contributed by atoms with Crippen molar-refractivity contribution in [2.45, 2.75) is 6.42 Å². The summed E-state index contributed by atoms with van der Waals surface area (Å²) in [6.45, 7) is 0. The van der Waals surface area contributed by atoms with Crippen molar-refractivity contribution in [3.63, 3.8) is 0 Å². The Bertz CT molecular complexity index is 399. The Morgan fingerprint density at radius 2 is 2.19 bits per heavy atom. The highest BCUT2D eigenvalue weighted by molar-refractivity contribution is 6.30. The van der Waals surface area contributed by atoms with Crippen LogP contribution in [0, 0.1) is 0 Å². The van der Waals surface area contributed by atoms with E-state index in [0.717, 1.165) is 5.56 Å². The first kappa shape index (κ1) is 12.6. The van der Waals surface area contributed by atoms with E-state index < -0.39 is 0 Å². The highest BCUT2D eigenvalue weighted by Gasteiger charge is 2.01. The average Bonchev–Trinajstić information content (AvgIpc) is 2.30. The molecule has 0 aliphatic carbocycles. The van der Waals surface area contributed by atoms with E-state index in [4.69, 9.17) is 16.3 Å². The first-order valence-corrected chi connectivity index (χ1v) is 5.12. The second-order valence-electron chi connectivity index (χ2n) is 3.07. The molecule has 3 nitrogen and oxygen atoms in total. The van der Waals surface area contributed by atoms with E-state index in [2.05, 4.69) is 4.74 Å². The van der Waals surface area contributed by atoms with Gasteiger partial charge in [0, 0.05) is 10.6 Å². The van der Waals surface area contributed by atoms with Gasteiger partial charge in [0.25, 0.3) is 0 Å². The number of hydrogen-bond acceptors (Lipinski definition) is 3. The van der Waals surface area contributed by atoms with Crippen LogP contribution in [0.1, 0.15) is 12.0 Å². The molecule has 0 aromatic heterocycles. The number of hydrogen-bond donors (Lipinski definition) is 0. The molecule has 16 heavy (non-hydrogen) atoms. The summed E-state index contributed by atoms with van der Waals surface area (Å²) in [5.74, 6) is 0.401. The Kier molecular flexibility index (Phi) is 4.86. The maximum Gasteiger partial charge on any atom is 0.309 e. The molecule has 4 heteroatoms. The quantitative estimate of drug-likeness (QED) is 0.759. The van der Waals surface area contributed by atoms with Gasteiger partial charge in [-0.25, -0.2) is 0 Å². The number of halogens is 1. The Morgan fingerprint density at radius 1 is 1.44 bits per heavy atom. The fraction of sp³-hybridized carbons (Fsp3) is 0.250. The minimum atomic E-state index is -0.274. The number of carbonyl (C=O) groups is 1. The van der Waals surface area contributed by atoms with Crippen molar-refractivity contribution in [2.24, 2.45) is 0 Å². The van der Waals surface area contributed by atoms with Crippen molar-refractivity contribution in [3.05, 3.63) is 34.9 Å². The Hall–Kier alpha value is -1.48. The van der Waals surface area contributed by atoms with Gasteiger partial charge in [0.05, 0.1) is 20.6 Å². The molecule has 1 aromatic rings. The topological polar surface area (TPSA) is 35.5 Å². The zero-order chi connectivity index (χ0) is 12.0. The Morgan fingerprint density at radius 3 is 2.81 bits per heavy atom. The van der Waals surface area contributed by atoms with Crippen LogP contribution in [0.5, 0.6) is 5.75 Å². The van der Waals surface area contributed by atoms with Gasteiger partial charge in [-0.3, -0.25) is 4.79 Å². The van der Waals surface area contributed by atoms with E-state index in [-0.39, 0.29) is 12.4 Å². The third-order valence-corrected chi connectivity index (χ3v) is 2.24. The molecule has 0 amide bonds. The fourth-order valence-corrected chi connectivity index (χ4v) is 1.35. The molecule has 0 unspecified atom stereocenters. The van der Waals surface area contributed by atoms with Crippen molar-refractivity contribution >= 4 is 23.6 Å². The lowest BCUT2D eigenvalue weighted by Gasteiger charge is -2.04. The van der Waals surface area contributed by atoms with Crippen LogP contribution in [0.25, 0.3) is 6.08 Å². The van der Waals surface area contributed by atoms with Gasteiger partial charge in [0.1, 0.15) is 5.75 Å². The number of methoxy groups -OCH3 is 2. The summed E-state index contributed by atoms with van der Waals surface area (Å²) >= 11 is 5.82. The summed E-state index contributed by atoms with van der Waals surface area (Å²) in [4.78, 5) is 10.9. The van der Waals surface area contributed by atoms with Crippen LogP contribution in [0.4, 0.5) is 0 Å². The molecule has 0 saturated heterocycles. The van der Waals surface area contributed by atoms with Crippen LogP contribution in [0.2, 0.25) is 5.02 Å². The highest BCUT2D eigenvalue weighted by Crippen LogP contribution is 2.24. The SMILES string of the molecule is COC(=O)CC=Cc1ccc(Cl)cc1OC. The minimum Gasteiger partial charge on any atom is -0.496 e. The van der Waals surface area contributed by atoms with Crippen LogP contribution in [-0.4, -0.2) is 20.2 Å². The predicted octanol–water partition coefficient (Wildman–Crippen LogP) is 2.92. The molecule has 86 valence electrons. The Labute approximate surface area is 99.6 Å². The van der Waals surface area contributed by atoms with E-state index >= 15 is 0 Å². The van der Waals surface area contributed by atoms with Gasteiger partial charge in [-0.1, -0.05) is 23.8 Å². The maximum absolute atomic E-state index is 10.9. The molecular formula is C12H13ClO3. The smallest absolute Gasteiger partial charge is 0.309 e. The standard InChI is InChI=1S/C12H13ClO3/c1-15-11-8-10(13)7-6-9(11)4-3-5-12(14)16-2/h3-4,6-8H,5H2,1-2H3. The number of esters is 1. The van der Waals surface area contributed by atoms with Gasteiger partial charge in [0.2, 0.25) is 0 Å². The van der Waals surface area contributed by atoms with Crippen molar-refractivity contribution < 1.29 is 14.3 Å². The molecule has 0 fully saturated rings. The molecule has 0 aliphatic heterocycles. The molecule has 1 aromatic carbocycles. The lowest BCUT2D eigenvalue weighted by atomic mass is 10.2. The lowest BCUT2D eigenvalue weighted by Crippen LogP contribution is -1.96. The molecule has 0 saturated carbocycles. The molecule has 0 bridgehead atoms. The van der Waals surface area contributed by atoms with E-state index in [1.165, 1.54) is 7.11 Å². The van der Waals surface area contributed by atoms with E-state index in [9.17, 15) is 4.79 Å². The largest absolute Gasteiger partial charge is 0.496 e. The van der Waals surface area contributed by atoms with Gasteiger partial charge in [-0.15, -0.1) is 0 Å². The summed E-state index contributed by atoms with van der Waals surface area (Å²) in [6.07, 6.45) is 3.76. The zero-order valence-electron chi connectivity index (χ0n) is 9.20. The summed E-state index contributed by atoms with van der Waals surface area (Å²) in [5, 5.41) is 0.613. The summed E-state index contributed by atoms with van der Waals surface area (Å²) < 4.78 is 9.68. The van der Waals surface area contributed by atoms with E-state index in [1.807, 2.05) is 6.07 Å². The van der Waals surface area contributed by atoms with Crippen LogP contribution < -0.4 is 4.74 Å². The lowest BCUT2D eigenvalue weighted by molar-refractivity contribution is -0.139. The highest BCUT2D eigenvalue weighted by atomic mass is 35.5. The van der Waals surface area contributed by atoms with Gasteiger partial charge < -0.3 is 9.47 Å². The predicted molar refractivity (Wildman–Crippen MR) is 63.7 cm³/mol. The van der Waals surface area contributed by atoms with Gasteiger partial charge in [0.15, 0.2) is 0 Å². The average molecular weight is 241 g/mol. The van der Waals surface area contributed by atoms with Crippen molar-refractivity contribution in [1.82, 2.24) is 0 Å². The summed E-state index contributed by atoms with van der Waals surface area (Å²) in [7, 11) is 2.93. The zero-order valence-corrected chi connectivity index (χ0v) is 9.95. The monoisotopic (exact) mass is 240 g/mol. The first-order chi connectivity index (χ1) is 7.67. The minimum absolute atomic E-state index is 0.238. The molecule has 0 radical (unpaired) electrons. The van der Waals surface area contributed by atoms with Crippen molar-refractivity contribution in [1.29, 1.82) is 0 Å². The number of rotatable bonds is 4. The third kappa shape index (κ3) is 3.59. The fourth-order valence-electron chi connectivity index (χ4n) is 1.19. The maximum atomic E-state index is 10.9. The van der Waals surface area contributed by atoms with Crippen LogP contribution in [-0.2, 0) is 9.53 Å². The third-order valence-electron chi connectivity index (χ3n) is 2.01. The van der Waals surface area contributed by atoms with Crippen LogP contribution in [0.15, 0.2) is 24.3 Å². The molecular weight excluding hydrogens is 228 g/mol. The molecule has 1 rings (SSSR count). The Balaban J connectivity index is 2.76. The summed E-state index contributed by atoms with van der Waals surface area (Å²) in [5.41, 5.74) is 0.871. The summed E-state index contributed by atoms with van der Waals surface area (Å²) in [6, 6.07) is 5.32. The molecule has 0 atom stereocenters. The van der Waals surface area contributed by atoms with Crippen molar-refractivity contribution in [3.8, 4) is 5.75 Å². The van der Waals surface area contributed by atoms with E-state index in [0.29, 0.717) is 10.8 Å². The first-order valence-electron chi connectivity index (χ1n) is 4.74. The number of benzene rings is 1. The number of ether oxygens (including phenoxy) is 2. The van der Waals surface area contributed by atoms with Gasteiger partial charge in [-0.05, 0) is 18.2 Å². The molecule has 0 N–H and O–H groups in total. The molecule has 0 spiro atoms. The van der Waals surface area contributed by atoms with E-state index in [1.54, 1.807) is 31.4 Å². The van der Waals surface area contributed by atoms with Gasteiger partial charge >= 0.3 is 5.97 Å². The van der Waals surface area contributed by atoms with Crippen molar-refractivity contribution in [2.75, 3.05) is 14.2 Å². The van der Waals surface area contributed by atoms with Gasteiger partial charge in [-0.2, -0.15) is 0 Å². The van der Waals surface area contributed by atoms with Crippen LogP contribution >= 0.6 is 11.6 Å². The second-order valence-corrected chi connectivity index (χ2v) is 3.51. The normalized spacial score (nSPS) is 10.4. The molecule has 0 aliphatic rings. The number of carbonyl (C=O) groups excluding carboxylic acids is 1.